The number of aromatic amines is 1. The summed E-state index contributed by atoms with van der Waals surface area (Å²) < 4.78 is 5.56. The molecule has 2 aromatic rings. The largest absolute Gasteiger partial charge is 0.496 e. The van der Waals surface area contributed by atoms with Crippen molar-refractivity contribution in [2.24, 2.45) is 17.2 Å². The highest BCUT2D eigenvalue weighted by Crippen LogP contribution is 2.35. The van der Waals surface area contributed by atoms with Gasteiger partial charge >= 0.3 is 0 Å². The number of rotatable bonds is 7. The Kier molecular flexibility index (Phi) is 5.22. The molecule has 0 saturated carbocycles. The first-order valence-corrected chi connectivity index (χ1v) is 7.48. The van der Waals surface area contributed by atoms with Gasteiger partial charge in [-0.05, 0) is 56.6 Å². The monoisotopic (exact) mass is 290 g/mol. The summed E-state index contributed by atoms with van der Waals surface area (Å²) in [5.74, 6) is 0.905. The normalized spacial score (nSPS) is 11.3. The quantitative estimate of drug-likeness (QED) is 0.610. The van der Waals surface area contributed by atoms with E-state index in [-0.39, 0.29) is 0 Å². The molecule has 5 nitrogen and oxygen atoms in total. The summed E-state index contributed by atoms with van der Waals surface area (Å²) in [5.41, 5.74) is 23.3. The fraction of sp³-hybridized carbons (Fsp3) is 0.500. The van der Waals surface area contributed by atoms with Gasteiger partial charge in [0, 0.05) is 28.6 Å². The lowest BCUT2D eigenvalue weighted by Gasteiger charge is -2.13. The molecule has 1 aromatic carbocycles. The van der Waals surface area contributed by atoms with Crippen LogP contribution in [-0.2, 0) is 19.3 Å². The summed E-state index contributed by atoms with van der Waals surface area (Å²) in [7, 11) is 1.71. The number of hydrogen-bond acceptors (Lipinski definition) is 4. The topological polar surface area (TPSA) is 103 Å². The molecule has 0 aliphatic carbocycles. The van der Waals surface area contributed by atoms with Crippen LogP contribution < -0.4 is 21.9 Å². The van der Waals surface area contributed by atoms with Crippen LogP contribution in [0.25, 0.3) is 10.9 Å². The Labute approximate surface area is 125 Å². The molecule has 1 aromatic heterocycles. The third-order valence-corrected chi connectivity index (χ3v) is 3.94. The average Bonchev–Trinajstić information content (AvgIpc) is 2.82. The van der Waals surface area contributed by atoms with Gasteiger partial charge in [0.2, 0.25) is 0 Å². The van der Waals surface area contributed by atoms with E-state index in [4.69, 9.17) is 21.9 Å². The third-order valence-electron chi connectivity index (χ3n) is 3.94. The SMILES string of the molecule is COc1cc(C)c2[nH]c(CCN)c(CCN)c2c1CCN. The highest BCUT2D eigenvalue weighted by atomic mass is 16.5. The standard InChI is InChI=1S/C16H26N4O/c1-10-9-14(21-2)12(4-7-18)15-11(3-6-17)13(5-8-19)20-16(10)15/h9,20H,3-8,17-19H2,1-2H3. The van der Waals surface area contributed by atoms with E-state index in [9.17, 15) is 0 Å². The highest BCUT2D eigenvalue weighted by Gasteiger charge is 2.18. The number of nitrogens with one attached hydrogen (secondary N) is 1. The summed E-state index contributed by atoms with van der Waals surface area (Å²) in [6.45, 7) is 3.91. The van der Waals surface area contributed by atoms with Crippen molar-refractivity contribution in [2.45, 2.75) is 26.2 Å². The van der Waals surface area contributed by atoms with E-state index in [1.165, 1.54) is 27.8 Å². The molecule has 2 rings (SSSR count). The van der Waals surface area contributed by atoms with Gasteiger partial charge in [-0.3, -0.25) is 0 Å². The molecule has 21 heavy (non-hydrogen) atoms. The van der Waals surface area contributed by atoms with Crippen LogP contribution in [0.2, 0.25) is 0 Å². The zero-order valence-corrected chi connectivity index (χ0v) is 13.0. The van der Waals surface area contributed by atoms with Crippen molar-refractivity contribution >= 4 is 10.9 Å². The summed E-state index contributed by atoms with van der Waals surface area (Å²) in [6.07, 6.45) is 2.45. The second-order valence-electron chi connectivity index (χ2n) is 5.32. The van der Waals surface area contributed by atoms with Crippen molar-refractivity contribution in [2.75, 3.05) is 26.7 Å². The molecule has 0 unspecified atom stereocenters. The van der Waals surface area contributed by atoms with Crippen molar-refractivity contribution in [3.05, 3.63) is 28.5 Å². The van der Waals surface area contributed by atoms with Gasteiger partial charge in [0.25, 0.3) is 0 Å². The predicted molar refractivity (Wildman–Crippen MR) is 87.9 cm³/mol. The van der Waals surface area contributed by atoms with Crippen LogP contribution in [-0.4, -0.2) is 31.7 Å². The lowest BCUT2D eigenvalue weighted by Crippen LogP contribution is -2.09. The first-order chi connectivity index (χ1) is 10.2. The molecule has 116 valence electrons. The molecular weight excluding hydrogens is 264 g/mol. The molecular formula is C16H26N4O. The minimum atomic E-state index is 0.591. The number of nitrogens with two attached hydrogens (primary N) is 3. The predicted octanol–water partition coefficient (Wildman–Crippen LogP) is 0.989. The number of fused-ring (bicyclic) bond motifs is 1. The molecule has 5 heteroatoms. The van der Waals surface area contributed by atoms with Crippen LogP contribution in [0, 0.1) is 6.92 Å². The summed E-state index contributed by atoms with van der Waals surface area (Å²) in [6, 6.07) is 2.07. The second kappa shape index (κ2) is 6.93. The van der Waals surface area contributed by atoms with E-state index >= 15 is 0 Å². The van der Waals surface area contributed by atoms with Gasteiger partial charge in [-0.2, -0.15) is 0 Å². The van der Waals surface area contributed by atoms with Gasteiger partial charge in [0.1, 0.15) is 5.75 Å². The molecule has 0 aliphatic rings. The fourth-order valence-electron chi connectivity index (χ4n) is 3.05. The van der Waals surface area contributed by atoms with E-state index in [2.05, 4.69) is 18.0 Å². The van der Waals surface area contributed by atoms with Gasteiger partial charge < -0.3 is 26.9 Å². The fourth-order valence-corrected chi connectivity index (χ4v) is 3.05. The van der Waals surface area contributed by atoms with E-state index in [0.717, 1.165) is 30.5 Å². The number of H-pyrrole nitrogens is 1. The van der Waals surface area contributed by atoms with Crippen LogP contribution in [0.3, 0.4) is 0 Å². The molecule has 0 atom stereocenters. The first-order valence-electron chi connectivity index (χ1n) is 7.48. The number of hydrogen-bond donors (Lipinski definition) is 4. The van der Waals surface area contributed by atoms with E-state index < -0.39 is 0 Å². The first kappa shape index (κ1) is 15.8. The van der Waals surface area contributed by atoms with Gasteiger partial charge in [0.15, 0.2) is 0 Å². The van der Waals surface area contributed by atoms with Crippen molar-refractivity contribution in [1.29, 1.82) is 0 Å². The Hall–Kier alpha value is -1.56. The Morgan fingerprint density at radius 2 is 1.62 bits per heavy atom. The van der Waals surface area contributed by atoms with Crippen molar-refractivity contribution in [3.8, 4) is 5.75 Å². The molecule has 0 aliphatic heterocycles. The van der Waals surface area contributed by atoms with Gasteiger partial charge in [-0.1, -0.05) is 0 Å². The Balaban J connectivity index is 2.78. The maximum absolute atomic E-state index is 5.81. The molecule has 0 amide bonds. The number of aromatic nitrogens is 1. The van der Waals surface area contributed by atoms with Crippen LogP contribution in [0.5, 0.6) is 5.75 Å². The zero-order valence-electron chi connectivity index (χ0n) is 13.0. The maximum Gasteiger partial charge on any atom is 0.123 e. The zero-order chi connectivity index (χ0) is 15.4. The minimum absolute atomic E-state index is 0.591. The molecule has 0 spiro atoms. The van der Waals surface area contributed by atoms with Crippen molar-refractivity contribution < 1.29 is 4.74 Å². The Bertz CT molecular complexity index is 618. The lowest BCUT2D eigenvalue weighted by atomic mass is 9.96. The Morgan fingerprint density at radius 3 is 2.19 bits per heavy atom. The molecule has 0 saturated heterocycles. The number of ether oxygens (including phenoxy) is 1. The van der Waals surface area contributed by atoms with Crippen LogP contribution in [0.1, 0.15) is 22.4 Å². The molecule has 1 heterocycles. The average molecular weight is 290 g/mol. The molecule has 0 bridgehead atoms. The van der Waals surface area contributed by atoms with Crippen LogP contribution in [0.15, 0.2) is 6.07 Å². The summed E-state index contributed by atoms with van der Waals surface area (Å²) in [5, 5.41) is 1.23. The highest BCUT2D eigenvalue weighted by molar-refractivity contribution is 5.92. The summed E-state index contributed by atoms with van der Waals surface area (Å²) >= 11 is 0. The number of methoxy groups -OCH3 is 1. The van der Waals surface area contributed by atoms with Crippen molar-refractivity contribution in [3.63, 3.8) is 0 Å². The molecule has 0 radical (unpaired) electrons. The lowest BCUT2D eigenvalue weighted by molar-refractivity contribution is 0.410. The third kappa shape index (κ3) is 2.90. The number of benzene rings is 1. The van der Waals surface area contributed by atoms with Crippen molar-refractivity contribution in [1.82, 2.24) is 4.98 Å². The Morgan fingerprint density at radius 1 is 1.00 bits per heavy atom. The molecule has 0 fully saturated rings. The van der Waals surface area contributed by atoms with E-state index in [1.54, 1.807) is 7.11 Å². The van der Waals surface area contributed by atoms with E-state index in [1.807, 2.05) is 0 Å². The van der Waals surface area contributed by atoms with E-state index in [0.29, 0.717) is 19.6 Å². The van der Waals surface area contributed by atoms with Gasteiger partial charge in [-0.25, -0.2) is 0 Å². The van der Waals surface area contributed by atoms with Gasteiger partial charge in [0.05, 0.1) is 7.11 Å². The minimum Gasteiger partial charge on any atom is -0.496 e. The molecule has 7 N–H and O–H groups in total. The second-order valence-corrected chi connectivity index (χ2v) is 5.32. The van der Waals surface area contributed by atoms with Crippen LogP contribution >= 0.6 is 0 Å². The van der Waals surface area contributed by atoms with Gasteiger partial charge in [-0.15, -0.1) is 0 Å². The number of aryl methyl sites for hydroxylation is 1. The van der Waals surface area contributed by atoms with Crippen LogP contribution in [0.4, 0.5) is 0 Å². The smallest absolute Gasteiger partial charge is 0.123 e. The maximum atomic E-state index is 5.81. The summed E-state index contributed by atoms with van der Waals surface area (Å²) in [4.78, 5) is 3.54.